The van der Waals surface area contributed by atoms with Crippen molar-refractivity contribution in [3.05, 3.63) is 95.6 Å². The van der Waals surface area contributed by atoms with Gasteiger partial charge in [0.2, 0.25) is 0 Å². The molecule has 1 aliphatic heterocycles. The summed E-state index contributed by atoms with van der Waals surface area (Å²) in [6.45, 7) is 0.889. The first-order valence-electron chi connectivity index (χ1n) is 11.9. The molecule has 6 nitrogen and oxygen atoms in total. The van der Waals surface area contributed by atoms with E-state index in [0.717, 1.165) is 49.3 Å². The Bertz CT molecular complexity index is 1290. The van der Waals surface area contributed by atoms with Crippen molar-refractivity contribution in [3.63, 3.8) is 0 Å². The number of sulfone groups is 1. The highest BCUT2D eigenvalue weighted by Gasteiger charge is 2.24. The van der Waals surface area contributed by atoms with E-state index in [1.54, 1.807) is 36.4 Å². The molecular formula is C28H30N2O4S. The van der Waals surface area contributed by atoms with E-state index in [9.17, 15) is 18.3 Å². The number of aliphatic imine (C=N–C) groups is 1. The molecule has 0 radical (unpaired) electrons. The normalized spacial score (nSPS) is 14.3. The standard InChI is InChI=1S/C28H30N2O4S/c31-28(32)19-24(23-7-2-1-3-8-23)20-35(33,34)26-15-13-21(14-16-26)11-12-22-6-4-9-25(18-22)30-27-10-5-17-29-27/h1-4,6-9,13-16,18,24H,5,10-12,17,19-20H2,(H,29,30)(H,31,32). The summed E-state index contributed by atoms with van der Waals surface area (Å²) < 4.78 is 26.1. The average molecular weight is 491 g/mol. The van der Waals surface area contributed by atoms with Gasteiger partial charge in [-0.1, -0.05) is 54.6 Å². The second kappa shape index (κ2) is 11.3. The number of carboxylic acids is 1. The number of anilines is 1. The van der Waals surface area contributed by atoms with Crippen LogP contribution in [0.25, 0.3) is 0 Å². The van der Waals surface area contributed by atoms with Crippen molar-refractivity contribution in [2.75, 3.05) is 17.6 Å². The number of benzene rings is 3. The summed E-state index contributed by atoms with van der Waals surface area (Å²) in [5.74, 6) is -0.820. The van der Waals surface area contributed by atoms with Gasteiger partial charge in [0.05, 0.1) is 17.1 Å². The number of aryl methyl sites for hydroxylation is 2. The van der Waals surface area contributed by atoms with Crippen molar-refractivity contribution < 1.29 is 18.3 Å². The second-order valence-corrected chi connectivity index (χ2v) is 10.9. The molecule has 0 saturated heterocycles. The lowest BCUT2D eigenvalue weighted by molar-refractivity contribution is -0.137. The van der Waals surface area contributed by atoms with Gasteiger partial charge in [0.25, 0.3) is 0 Å². The number of carbonyl (C=O) groups is 1. The zero-order valence-corrected chi connectivity index (χ0v) is 20.4. The van der Waals surface area contributed by atoms with E-state index in [2.05, 4.69) is 22.4 Å². The van der Waals surface area contributed by atoms with Crippen molar-refractivity contribution >= 4 is 27.3 Å². The number of hydrogen-bond donors (Lipinski definition) is 2. The second-order valence-electron chi connectivity index (χ2n) is 8.89. The summed E-state index contributed by atoms with van der Waals surface area (Å²) in [6.07, 6.45) is 3.48. The highest BCUT2D eigenvalue weighted by molar-refractivity contribution is 7.91. The fourth-order valence-corrected chi connectivity index (χ4v) is 5.92. The van der Waals surface area contributed by atoms with E-state index in [4.69, 9.17) is 0 Å². The van der Waals surface area contributed by atoms with Gasteiger partial charge in [-0.3, -0.25) is 9.79 Å². The van der Waals surface area contributed by atoms with E-state index in [0.29, 0.717) is 5.56 Å². The van der Waals surface area contributed by atoms with Crippen LogP contribution in [-0.2, 0) is 27.5 Å². The van der Waals surface area contributed by atoms with E-state index >= 15 is 0 Å². The van der Waals surface area contributed by atoms with Crippen molar-refractivity contribution in [1.29, 1.82) is 0 Å². The number of rotatable bonds is 10. The molecule has 0 aromatic heterocycles. The number of nitrogens with zero attached hydrogens (tertiary/aromatic N) is 1. The van der Waals surface area contributed by atoms with Crippen molar-refractivity contribution in [2.45, 2.75) is 42.9 Å². The molecule has 0 spiro atoms. The lowest BCUT2D eigenvalue weighted by Crippen LogP contribution is -2.18. The number of amidine groups is 1. The first-order chi connectivity index (χ1) is 16.9. The van der Waals surface area contributed by atoms with Crippen LogP contribution in [0.3, 0.4) is 0 Å². The van der Waals surface area contributed by atoms with Gasteiger partial charge < -0.3 is 10.4 Å². The fraction of sp³-hybridized carbons (Fsp3) is 0.286. The predicted octanol–water partition coefficient (Wildman–Crippen LogP) is 5.11. The molecular weight excluding hydrogens is 460 g/mol. The van der Waals surface area contributed by atoms with Gasteiger partial charge in [-0.25, -0.2) is 8.42 Å². The molecule has 2 N–H and O–H groups in total. The monoisotopic (exact) mass is 490 g/mol. The van der Waals surface area contributed by atoms with Gasteiger partial charge in [-0.05, 0) is 60.2 Å². The third kappa shape index (κ3) is 7.02. The maximum atomic E-state index is 13.1. The average Bonchev–Trinajstić information content (AvgIpc) is 3.36. The molecule has 182 valence electrons. The summed E-state index contributed by atoms with van der Waals surface area (Å²) >= 11 is 0. The van der Waals surface area contributed by atoms with Crippen LogP contribution in [0.4, 0.5) is 5.69 Å². The van der Waals surface area contributed by atoms with E-state index in [-0.39, 0.29) is 17.1 Å². The number of hydrogen-bond acceptors (Lipinski definition) is 5. The topological polar surface area (TPSA) is 95.8 Å². The van der Waals surface area contributed by atoms with Crippen LogP contribution in [0.5, 0.6) is 0 Å². The van der Waals surface area contributed by atoms with E-state index in [1.165, 1.54) is 5.56 Å². The molecule has 1 atom stereocenters. The highest BCUT2D eigenvalue weighted by Crippen LogP contribution is 2.25. The van der Waals surface area contributed by atoms with Crippen molar-refractivity contribution in [1.82, 2.24) is 0 Å². The van der Waals surface area contributed by atoms with Crippen LogP contribution in [-0.4, -0.2) is 37.6 Å². The quantitative estimate of drug-likeness (QED) is 0.412. The maximum Gasteiger partial charge on any atom is 0.303 e. The molecule has 1 aliphatic rings. The lowest BCUT2D eigenvalue weighted by Gasteiger charge is -2.16. The molecule has 3 aromatic carbocycles. The molecule has 1 heterocycles. The Balaban J connectivity index is 1.39. The number of carboxylic acid groups (broad SMARTS) is 1. The molecule has 0 aliphatic carbocycles. The first-order valence-corrected chi connectivity index (χ1v) is 13.5. The van der Waals surface area contributed by atoms with E-state index < -0.39 is 21.7 Å². The van der Waals surface area contributed by atoms with Gasteiger partial charge in [-0.15, -0.1) is 0 Å². The number of aliphatic carboxylic acids is 1. The van der Waals surface area contributed by atoms with Gasteiger partial charge in [0.1, 0.15) is 5.84 Å². The molecule has 35 heavy (non-hydrogen) atoms. The van der Waals surface area contributed by atoms with Gasteiger partial charge in [0.15, 0.2) is 9.84 Å². The Hall–Kier alpha value is -3.45. The van der Waals surface area contributed by atoms with Gasteiger partial charge in [-0.2, -0.15) is 0 Å². The van der Waals surface area contributed by atoms with Crippen molar-refractivity contribution in [2.24, 2.45) is 4.99 Å². The summed E-state index contributed by atoms with van der Waals surface area (Å²) in [5, 5.41) is 12.7. The van der Waals surface area contributed by atoms with Crippen LogP contribution in [0.2, 0.25) is 0 Å². The molecule has 0 amide bonds. The van der Waals surface area contributed by atoms with Gasteiger partial charge in [0, 0.05) is 24.6 Å². The Kier molecular flexibility index (Phi) is 7.98. The lowest BCUT2D eigenvalue weighted by atomic mass is 9.98. The number of nitrogens with one attached hydrogen (secondary N) is 1. The van der Waals surface area contributed by atoms with Crippen LogP contribution in [0.15, 0.2) is 88.8 Å². The third-order valence-electron chi connectivity index (χ3n) is 6.19. The minimum absolute atomic E-state index is 0.219. The van der Waals surface area contributed by atoms with Crippen LogP contribution in [0.1, 0.15) is 41.9 Å². The minimum Gasteiger partial charge on any atom is -0.481 e. The predicted molar refractivity (Wildman–Crippen MR) is 139 cm³/mol. The Labute approximate surface area is 206 Å². The maximum absolute atomic E-state index is 13.1. The van der Waals surface area contributed by atoms with Crippen LogP contribution >= 0.6 is 0 Å². The SMILES string of the molecule is O=C(O)CC(CS(=O)(=O)c1ccc(CCc2cccc(NC3=NCCC3)c2)cc1)c1ccccc1. The fourth-order valence-electron chi connectivity index (χ4n) is 4.34. The molecule has 0 saturated carbocycles. The molecule has 4 rings (SSSR count). The molecule has 7 heteroatoms. The summed E-state index contributed by atoms with van der Waals surface area (Å²) in [5.41, 5.74) is 4.00. The zero-order chi connectivity index (χ0) is 24.7. The molecule has 0 bridgehead atoms. The molecule has 0 fully saturated rings. The molecule has 1 unspecified atom stereocenters. The third-order valence-corrected chi connectivity index (χ3v) is 8.02. The summed E-state index contributed by atoms with van der Waals surface area (Å²) in [7, 11) is -3.64. The summed E-state index contributed by atoms with van der Waals surface area (Å²) in [6, 6.07) is 24.2. The first kappa shape index (κ1) is 24.7. The zero-order valence-electron chi connectivity index (χ0n) is 19.6. The minimum atomic E-state index is -3.64. The Morgan fingerprint density at radius 3 is 2.37 bits per heavy atom. The molecule has 3 aromatic rings. The van der Waals surface area contributed by atoms with Crippen LogP contribution in [0, 0.1) is 0 Å². The van der Waals surface area contributed by atoms with E-state index in [1.807, 2.05) is 30.3 Å². The Morgan fingerprint density at radius 2 is 1.69 bits per heavy atom. The Morgan fingerprint density at radius 1 is 0.943 bits per heavy atom. The van der Waals surface area contributed by atoms with Gasteiger partial charge >= 0.3 is 5.97 Å². The highest BCUT2D eigenvalue weighted by atomic mass is 32.2. The smallest absolute Gasteiger partial charge is 0.303 e. The van der Waals surface area contributed by atoms with Crippen LogP contribution < -0.4 is 5.32 Å². The summed E-state index contributed by atoms with van der Waals surface area (Å²) in [4.78, 5) is 16.0. The largest absolute Gasteiger partial charge is 0.481 e. The van der Waals surface area contributed by atoms with Crippen molar-refractivity contribution in [3.8, 4) is 0 Å².